The first-order valence-electron chi connectivity index (χ1n) is 9.62. The molecule has 0 N–H and O–H groups in total. The first kappa shape index (κ1) is 19.4. The zero-order valence-electron chi connectivity index (χ0n) is 16.7. The van der Waals surface area contributed by atoms with Crippen LogP contribution in [0.3, 0.4) is 0 Å². The molecule has 0 saturated carbocycles. The molecule has 2 aliphatic heterocycles. The fourth-order valence-electron chi connectivity index (χ4n) is 3.76. The maximum absolute atomic E-state index is 12.8. The van der Waals surface area contributed by atoms with Gasteiger partial charge in [-0.15, -0.1) is 0 Å². The summed E-state index contributed by atoms with van der Waals surface area (Å²) >= 11 is 0. The Morgan fingerprint density at radius 1 is 1.04 bits per heavy atom. The summed E-state index contributed by atoms with van der Waals surface area (Å²) in [6, 6.07) is 5.83. The third-order valence-corrected chi connectivity index (χ3v) is 5.35. The van der Waals surface area contributed by atoms with Crippen LogP contribution in [0.25, 0.3) is 0 Å². The molecule has 2 heterocycles. The summed E-state index contributed by atoms with van der Waals surface area (Å²) in [7, 11) is 1.78. The van der Waals surface area contributed by atoms with Crippen molar-refractivity contribution < 1.29 is 14.4 Å². The van der Waals surface area contributed by atoms with Crippen LogP contribution in [0.15, 0.2) is 18.2 Å². The van der Waals surface area contributed by atoms with Crippen molar-refractivity contribution in [2.24, 2.45) is 5.41 Å². The van der Waals surface area contributed by atoms with E-state index in [1.165, 1.54) is 0 Å². The van der Waals surface area contributed by atoms with Crippen molar-refractivity contribution in [2.45, 2.75) is 40.0 Å². The predicted molar refractivity (Wildman–Crippen MR) is 104 cm³/mol. The Morgan fingerprint density at radius 3 is 2.41 bits per heavy atom. The van der Waals surface area contributed by atoms with Gasteiger partial charge in [-0.25, -0.2) is 0 Å². The van der Waals surface area contributed by atoms with E-state index in [2.05, 4.69) is 0 Å². The minimum absolute atomic E-state index is 0.0812. The standard InChI is InChI=1S/C21H29N3O3/c1-21(2,3)20(27)24-9-5-8-23(10-11-24)19(26)13-15-6-7-17-16(12-15)14-18(25)22(17)4/h6-7,12H,5,8-11,13-14H2,1-4H3. The molecule has 27 heavy (non-hydrogen) atoms. The molecule has 2 aliphatic rings. The summed E-state index contributed by atoms with van der Waals surface area (Å²) in [6.07, 6.45) is 1.54. The Labute approximate surface area is 161 Å². The van der Waals surface area contributed by atoms with Gasteiger partial charge >= 0.3 is 0 Å². The quantitative estimate of drug-likeness (QED) is 0.797. The summed E-state index contributed by atoms with van der Waals surface area (Å²) in [5, 5.41) is 0. The van der Waals surface area contributed by atoms with Crippen LogP contribution in [-0.2, 0) is 27.2 Å². The lowest BCUT2D eigenvalue weighted by Gasteiger charge is -2.28. The molecule has 6 nitrogen and oxygen atoms in total. The maximum Gasteiger partial charge on any atom is 0.231 e. The lowest BCUT2D eigenvalue weighted by molar-refractivity contribution is -0.139. The van der Waals surface area contributed by atoms with Crippen LogP contribution in [0.1, 0.15) is 38.3 Å². The van der Waals surface area contributed by atoms with Crippen LogP contribution in [0.5, 0.6) is 0 Å². The summed E-state index contributed by atoms with van der Waals surface area (Å²) in [4.78, 5) is 42.5. The lowest BCUT2D eigenvalue weighted by atomic mass is 9.94. The molecule has 1 fully saturated rings. The maximum atomic E-state index is 12.8. The van der Waals surface area contributed by atoms with Gasteiger partial charge in [-0.1, -0.05) is 32.9 Å². The Balaban J connectivity index is 1.62. The highest BCUT2D eigenvalue weighted by atomic mass is 16.2. The van der Waals surface area contributed by atoms with Gasteiger partial charge in [0, 0.05) is 44.3 Å². The molecular weight excluding hydrogens is 342 g/mol. The average molecular weight is 371 g/mol. The fourth-order valence-corrected chi connectivity index (χ4v) is 3.76. The molecule has 0 bridgehead atoms. The normalized spacial score (nSPS) is 17.8. The van der Waals surface area contributed by atoms with Crippen LogP contribution in [0, 0.1) is 5.41 Å². The number of hydrogen-bond donors (Lipinski definition) is 0. The van der Waals surface area contributed by atoms with Crippen molar-refractivity contribution in [1.29, 1.82) is 0 Å². The molecule has 0 aliphatic carbocycles. The second kappa shape index (κ2) is 7.33. The summed E-state index contributed by atoms with van der Waals surface area (Å²) < 4.78 is 0. The topological polar surface area (TPSA) is 60.9 Å². The van der Waals surface area contributed by atoms with E-state index in [1.54, 1.807) is 11.9 Å². The summed E-state index contributed by atoms with van der Waals surface area (Å²) in [5.74, 6) is 0.312. The third kappa shape index (κ3) is 4.15. The number of fused-ring (bicyclic) bond motifs is 1. The van der Waals surface area contributed by atoms with Crippen molar-refractivity contribution >= 4 is 23.4 Å². The second-order valence-electron chi connectivity index (χ2n) is 8.55. The molecule has 0 atom stereocenters. The number of rotatable bonds is 2. The highest BCUT2D eigenvalue weighted by Crippen LogP contribution is 2.28. The average Bonchev–Trinajstić information content (AvgIpc) is 2.78. The molecular formula is C21H29N3O3. The third-order valence-electron chi connectivity index (χ3n) is 5.35. The van der Waals surface area contributed by atoms with Gasteiger partial charge in [-0.05, 0) is 23.6 Å². The van der Waals surface area contributed by atoms with E-state index in [0.717, 1.165) is 23.2 Å². The molecule has 1 aromatic carbocycles. The first-order chi connectivity index (χ1) is 12.7. The molecule has 1 aromatic rings. The molecule has 0 aromatic heterocycles. The zero-order valence-corrected chi connectivity index (χ0v) is 16.7. The monoisotopic (exact) mass is 371 g/mol. The van der Waals surface area contributed by atoms with Crippen LogP contribution in [0.2, 0.25) is 0 Å². The van der Waals surface area contributed by atoms with E-state index in [0.29, 0.717) is 39.0 Å². The van der Waals surface area contributed by atoms with Gasteiger partial charge in [0.05, 0.1) is 12.8 Å². The van der Waals surface area contributed by atoms with Gasteiger partial charge in [0.25, 0.3) is 0 Å². The van der Waals surface area contributed by atoms with E-state index in [-0.39, 0.29) is 17.7 Å². The minimum atomic E-state index is -0.395. The van der Waals surface area contributed by atoms with Gasteiger partial charge in [-0.2, -0.15) is 0 Å². The number of likely N-dealkylation sites (N-methyl/N-ethyl adjacent to an activating group) is 1. The van der Waals surface area contributed by atoms with Crippen LogP contribution >= 0.6 is 0 Å². The van der Waals surface area contributed by atoms with Gasteiger partial charge in [0.1, 0.15) is 0 Å². The Morgan fingerprint density at radius 2 is 1.70 bits per heavy atom. The molecule has 0 unspecified atom stereocenters. The van der Waals surface area contributed by atoms with Crippen molar-refractivity contribution in [3.05, 3.63) is 29.3 Å². The first-order valence-corrected chi connectivity index (χ1v) is 9.62. The number of anilines is 1. The number of carbonyl (C=O) groups excluding carboxylic acids is 3. The van der Waals surface area contributed by atoms with Crippen LogP contribution in [0.4, 0.5) is 5.69 Å². The van der Waals surface area contributed by atoms with Crippen molar-refractivity contribution in [1.82, 2.24) is 9.80 Å². The van der Waals surface area contributed by atoms with E-state index in [1.807, 2.05) is 48.8 Å². The largest absolute Gasteiger partial charge is 0.341 e. The predicted octanol–water partition coefficient (Wildman–Crippen LogP) is 1.85. The summed E-state index contributed by atoms with van der Waals surface area (Å²) in [6.45, 7) is 8.34. The molecule has 0 radical (unpaired) electrons. The Hall–Kier alpha value is -2.37. The molecule has 0 spiro atoms. The lowest BCUT2D eigenvalue weighted by Crippen LogP contribution is -2.42. The number of benzene rings is 1. The van der Waals surface area contributed by atoms with Crippen LogP contribution < -0.4 is 4.90 Å². The van der Waals surface area contributed by atoms with Crippen molar-refractivity contribution in [3.8, 4) is 0 Å². The van der Waals surface area contributed by atoms with Gasteiger partial charge in [-0.3, -0.25) is 14.4 Å². The zero-order chi connectivity index (χ0) is 19.8. The molecule has 3 amide bonds. The van der Waals surface area contributed by atoms with E-state index >= 15 is 0 Å². The highest BCUT2D eigenvalue weighted by Gasteiger charge is 2.29. The smallest absolute Gasteiger partial charge is 0.231 e. The fraction of sp³-hybridized carbons (Fsp3) is 0.571. The Bertz CT molecular complexity index is 766. The van der Waals surface area contributed by atoms with Crippen molar-refractivity contribution in [2.75, 3.05) is 38.1 Å². The SMILES string of the molecule is CN1C(=O)Cc2cc(CC(=O)N3CCCN(C(=O)C(C)(C)C)CC3)ccc21. The van der Waals surface area contributed by atoms with Gasteiger partial charge in [0.2, 0.25) is 17.7 Å². The van der Waals surface area contributed by atoms with E-state index in [9.17, 15) is 14.4 Å². The molecule has 146 valence electrons. The number of carbonyl (C=O) groups is 3. The van der Waals surface area contributed by atoms with E-state index in [4.69, 9.17) is 0 Å². The van der Waals surface area contributed by atoms with Gasteiger partial charge < -0.3 is 14.7 Å². The number of nitrogens with zero attached hydrogens (tertiary/aromatic N) is 3. The van der Waals surface area contributed by atoms with Gasteiger partial charge in [0.15, 0.2) is 0 Å². The highest BCUT2D eigenvalue weighted by molar-refractivity contribution is 6.01. The second-order valence-corrected chi connectivity index (χ2v) is 8.55. The minimum Gasteiger partial charge on any atom is -0.341 e. The van der Waals surface area contributed by atoms with Crippen LogP contribution in [-0.4, -0.2) is 60.7 Å². The molecule has 6 heteroatoms. The number of hydrogen-bond acceptors (Lipinski definition) is 3. The molecule has 1 saturated heterocycles. The summed E-state index contributed by atoms with van der Waals surface area (Å²) in [5.41, 5.74) is 2.47. The van der Waals surface area contributed by atoms with E-state index < -0.39 is 5.41 Å². The number of amides is 3. The Kier molecular flexibility index (Phi) is 5.27. The van der Waals surface area contributed by atoms with Crippen molar-refractivity contribution in [3.63, 3.8) is 0 Å². The molecule has 3 rings (SSSR count).